The molecule has 0 spiro atoms. The minimum atomic E-state index is -0.0443. The second-order valence-electron chi connectivity index (χ2n) is 7.90. The zero-order chi connectivity index (χ0) is 22.9. The van der Waals surface area contributed by atoms with E-state index < -0.39 is 0 Å². The Hall–Kier alpha value is -1.59. The molecule has 1 saturated heterocycles. The van der Waals surface area contributed by atoms with Crippen molar-refractivity contribution in [3.63, 3.8) is 0 Å². The van der Waals surface area contributed by atoms with Crippen molar-refractivity contribution in [2.24, 2.45) is 0 Å². The number of hydrogen-bond acceptors (Lipinski definition) is 8. The minimum absolute atomic E-state index is 0.0443. The summed E-state index contributed by atoms with van der Waals surface area (Å²) in [7, 11) is 4.14. The number of morpholine rings is 1. The van der Waals surface area contributed by atoms with E-state index >= 15 is 0 Å². The third kappa shape index (κ3) is 6.95. The lowest BCUT2D eigenvalue weighted by Gasteiger charge is -2.28. The standard InChI is InChI=1S/C22H34N6O2S2/c1-5-19(26(2)3)21-24-25-22(28(21)10-9-27-11-13-30-14-12-27)32-16-20(29)23-17-7-6-8-18(15-17)31-4/h6-8,15,19H,5,9-14,16H2,1-4H3,(H,23,29)/t19-/m1/s1. The van der Waals surface area contributed by atoms with Crippen LogP contribution in [0.2, 0.25) is 0 Å². The zero-order valence-corrected chi connectivity index (χ0v) is 21.0. The van der Waals surface area contributed by atoms with Crippen LogP contribution in [0, 0.1) is 0 Å². The number of ether oxygens (including phenoxy) is 1. The summed E-state index contributed by atoms with van der Waals surface area (Å²) in [5.41, 5.74) is 0.815. The normalized spacial score (nSPS) is 15.8. The topological polar surface area (TPSA) is 75.5 Å². The third-order valence-electron chi connectivity index (χ3n) is 5.48. The molecule has 1 atom stereocenters. The Morgan fingerprint density at radius 3 is 2.72 bits per heavy atom. The third-order valence-corrected chi connectivity index (χ3v) is 7.18. The van der Waals surface area contributed by atoms with Gasteiger partial charge in [0, 0.05) is 36.8 Å². The SMILES string of the molecule is CC[C@H](c1nnc(SCC(=O)Nc2cccc(SC)c2)n1CCN1CCOCC1)N(C)C. The Kier molecular flexibility index (Phi) is 9.86. The molecule has 1 amide bonds. The highest BCUT2D eigenvalue weighted by molar-refractivity contribution is 7.99. The van der Waals surface area contributed by atoms with Crippen molar-refractivity contribution in [3.05, 3.63) is 30.1 Å². The minimum Gasteiger partial charge on any atom is -0.379 e. The van der Waals surface area contributed by atoms with Gasteiger partial charge in [0.05, 0.1) is 25.0 Å². The van der Waals surface area contributed by atoms with Crippen LogP contribution in [0.4, 0.5) is 5.69 Å². The Morgan fingerprint density at radius 2 is 2.03 bits per heavy atom. The maximum atomic E-state index is 12.6. The first-order chi connectivity index (χ1) is 15.5. The van der Waals surface area contributed by atoms with E-state index in [1.807, 2.05) is 30.5 Å². The van der Waals surface area contributed by atoms with Crippen LogP contribution in [-0.2, 0) is 16.1 Å². The molecule has 32 heavy (non-hydrogen) atoms. The average Bonchev–Trinajstić information content (AvgIpc) is 3.19. The van der Waals surface area contributed by atoms with Crippen molar-refractivity contribution in [1.82, 2.24) is 24.6 Å². The van der Waals surface area contributed by atoms with Crippen molar-refractivity contribution in [2.75, 3.05) is 64.3 Å². The second kappa shape index (κ2) is 12.6. The molecule has 1 aromatic carbocycles. The summed E-state index contributed by atoms with van der Waals surface area (Å²) in [5, 5.41) is 12.8. The Morgan fingerprint density at radius 1 is 1.25 bits per heavy atom. The van der Waals surface area contributed by atoms with Crippen LogP contribution in [0.25, 0.3) is 0 Å². The molecule has 0 saturated carbocycles. The lowest BCUT2D eigenvalue weighted by Crippen LogP contribution is -2.38. The summed E-state index contributed by atoms with van der Waals surface area (Å²) in [6, 6.07) is 8.06. The predicted octanol–water partition coefficient (Wildman–Crippen LogP) is 3.08. The number of hydrogen-bond donors (Lipinski definition) is 1. The van der Waals surface area contributed by atoms with Gasteiger partial charge in [0.25, 0.3) is 0 Å². The van der Waals surface area contributed by atoms with Gasteiger partial charge in [-0.25, -0.2) is 0 Å². The molecular weight excluding hydrogens is 444 g/mol. The molecule has 176 valence electrons. The fourth-order valence-electron chi connectivity index (χ4n) is 3.74. The highest BCUT2D eigenvalue weighted by atomic mass is 32.2. The van der Waals surface area contributed by atoms with Gasteiger partial charge >= 0.3 is 0 Å². The fourth-order valence-corrected chi connectivity index (χ4v) is 4.97. The van der Waals surface area contributed by atoms with Gasteiger partial charge in [-0.05, 0) is 45.0 Å². The van der Waals surface area contributed by atoms with Gasteiger partial charge in [-0.2, -0.15) is 0 Å². The lowest BCUT2D eigenvalue weighted by atomic mass is 10.2. The molecular formula is C22H34N6O2S2. The van der Waals surface area contributed by atoms with Gasteiger partial charge in [-0.15, -0.1) is 22.0 Å². The van der Waals surface area contributed by atoms with E-state index in [9.17, 15) is 4.79 Å². The van der Waals surface area contributed by atoms with Crippen LogP contribution in [0.1, 0.15) is 25.2 Å². The van der Waals surface area contributed by atoms with Crippen LogP contribution >= 0.6 is 23.5 Å². The number of aromatic nitrogens is 3. The lowest BCUT2D eigenvalue weighted by molar-refractivity contribution is -0.113. The number of benzene rings is 1. The van der Waals surface area contributed by atoms with Crippen LogP contribution in [0.3, 0.4) is 0 Å². The molecule has 1 fully saturated rings. The first-order valence-corrected chi connectivity index (χ1v) is 13.2. The zero-order valence-electron chi connectivity index (χ0n) is 19.4. The quantitative estimate of drug-likeness (QED) is 0.494. The molecule has 0 unspecified atom stereocenters. The summed E-state index contributed by atoms with van der Waals surface area (Å²) < 4.78 is 7.66. The van der Waals surface area contributed by atoms with Gasteiger partial charge in [0.1, 0.15) is 0 Å². The molecule has 1 aliphatic heterocycles. The molecule has 1 N–H and O–H groups in total. The molecule has 10 heteroatoms. The molecule has 2 aromatic rings. The summed E-state index contributed by atoms with van der Waals surface area (Å²) in [6.07, 6.45) is 2.97. The van der Waals surface area contributed by atoms with Crippen LogP contribution in [-0.4, -0.2) is 89.4 Å². The van der Waals surface area contributed by atoms with Gasteiger partial charge in [-0.3, -0.25) is 14.6 Å². The van der Waals surface area contributed by atoms with E-state index in [-0.39, 0.29) is 17.7 Å². The van der Waals surface area contributed by atoms with Gasteiger partial charge < -0.3 is 14.6 Å². The van der Waals surface area contributed by atoms with E-state index in [0.717, 1.165) is 67.4 Å². The monoisotopic (exact) mass is 478 g/mol. The van der Waals surface area contributed by atoms with Gasteiger partial charge in [0.15, 0.2) is 11.0 Å². The summed E-state index contributed by atoms with van der Waals surface area (Å²) in [5.74, 6) is 1.20. The number of carbonyl (C=O) groups excluding carboxylic acids is 1. The van der Waals surface area contributed by atoms with Gasteiger partial charge in [-0.1, -0.05) is 24.8 Å². The Bertz CT molecular complexity index is 870. The molecule has 0 radical (unpaired) electrons. The Balaban J connectivity index is 1.68. The largest absolute Gasteiger partial charge is 0.379 e. The van der Waals surface area contributed by atoms with E-state index in [4.69, 9.17) is 4.74 Å². The van der Waals surface area contributed by atoms with Gasteiger partial charge in [0.2, 0.25) is 5.91 Å². The first-order valence-electron chi connectivity index (χ1n) is 11.0. The number of carbonyl (C=O) groups is 1. The maximum absolute atomic E-state index is 12.6. The maximum Gasteiger partial charge on any atom is 0.234 e. The average molecular weight is 479 g/mol. The number of nitrogens with zero attached hydrogens (tertiary/aromatic N) is 5. The summed E-state index contributed by atoms with van der Waals surface area (Å²) >= 11 is 3.10. The first kappa shape index (κ1) is 25.0. The van der Waals surface area contributed by atoms with Crippen LogP contribution in [0.5, 0.6) is 0 Å². The van der Waals surface area contributed by atoms with E-state index in [2.05, 4.69) is 50.9 Å². The molecule has 0 aliphatic carbocycles. The van der Waals surface area contributed by atoms with Crippen molar-refractivity contribution in [1.29, 1.82) is 0 Å². The van der Waals surface area contributed by atoms with E-state index in [0.29, 0.717) is 0 Å². The van der Waals surface area contributed by atoms with Crippen molar-refractivity contribution in [2.45, 2.75) is 36.0 Å². The smallest absolute Gasteiger partial charge is 0.234 e. The molecule has 0 bridgehead atoms. The highest BCUT2D eigenvalue weighted by Gasteiger charge is 2.23. The predicted molar refractivity (Wildman–Crippen MR) is 132 cm³/mol. The number of thioether (sulfide) groups is 2. The second-order valence-corrected chi connectivity index (χ2v) is 9.73. The highest BCUT2D eigenvalue weighted by Crippen LogP contribution is 2.26. The summed E-state index contributed by atoms with van der Waals surface area (Å²) in [4.78, 5) is 18.3. The number of nitrogens with one attached hydrogen (secondary N) is 1. The number of anilines is 1. The molecule has 2 heterocycles. The van der Waals surface area contributed by atoms with E-state index in [1.54, 1.807) is 11.8 Å². The molecule has 1 aromatic heterocycles. The van der Waals surface area contributed by atoms with Crippen molar-refractivity contribution < 1.29 is 9.53 Å². The molecule has 3 rings (SSSR count). The molecule has 1 aliphatic rings. The van der Waals surface area contributed by atoms with Crippen LogP contribution in [0.15, 0.2) is 34.3 Å². The van der Waals surface area contributed by atoms with Crippen LogP contribution < -0.4 is 5.32 Å². The summed E-state index contributed by atoms with van der Waals surface area (Å²) in [6.45, 7) is 7.33. The Labute approximate surface area is 199 Å². The number of rotatable bonds is 11. The van der Waals surface area contributed by atoms with E-state index in [1.165, 1.54) is 11.8 Å². The van der Waals surface area contributed by atoms with Crippen molar-refractivity contribution >= 4 is 35.1 Å². The fraction of sp³-hybridized carbons (Fsp3) is 0.591. The molecule has 8 nitrogen and oxygen atoms in total. The number of amides is 1. The van der Waals surface area contributed by atoms with Crippen molar-refractivity contribution in [3.8, 4) is 0 Å².